The van der Waals surface area contributed by atoms with Gasteiger partial charge in [0.15, 0.2) is 5.82 Å². The first-order chi connectivity index (χ1) is 9.91. The van der Waals surface area contributed by atoms with Gasteiger partial charge in [-0.25, -0.2) is 13.2 Å². The van der Waals surface area contributed by atoms with Gasteiger partial charge in [0.2, 0.25) is 0 Å². The van der Waals surface area contributed by atoms with E-state index in [2.05, 4.69) is 4.98 Å². The van der Waals surface area contributed by atoms with E-state index in [0.29, 0.717) is 0 Å². The Balaban J connectivity index is 2.31. The summed E-state index contributed by atoms with van der Waals surface area (Å²) in [6.45, 7) is 1.54. The maximum Gasteiger partial charge on any atom is 0.257 e. The fraction of sp³-hybridized carbons (Fsp3) is 0.200. The molecule has 2 rings (SSSR count). The van der Waals surface area contributed by atoms with E-state index < -0.39 is 29.4 Å². The van der Waals surface area contributed by atoms with Crippen molar-refractivity contribution < 1.29 is 18.0 Å². The number of benzene rings is 1. The van der Waals surface area contributed by atoms with Gasteiger partial charge in [-0.3, -0.25) is 9.78 Å². The molecule has 110 valence electrons. The van der Waals surface area contributed by atoms with Crippen LogP contribution in [0.3, 0.4) is 0 Å². The molecule has 0 N–H and O–H groups in total. The quantitative estimate of drug-likeness (QED) is 0.870. The molecule has 3 nitrogen and oxygen atoms in total. The highest BCUT2D eigenvalue weighted by Crippen LogP contribution is 2.24. The third-order valence-corrected chi connectivity index (χ3v) is 3.31. The number of pyridine rings is 1. The summed E-state index contributed by atoms with van der Waals surface area (Å²) >= 11 is 0. The van der Waals surface area contributed by atoms with Gasteiger partial charge in [-0.2, -0.15) is 0 Å². The van der Waals surface area contributed by atoms with E-state index in [1.807, 2.05) is 0 Å². The van der Waals surface area contributed by atoms with Crippen molar-refractivity contribution in [1.82, 2.24) is 9.88 Å². The van der Waals surface area contributed by atoms with Crippen LogP contribution in [0.15, 0.2) is 36.7 Å². The van der Waals surface area contributed by atoms with Crippen LogP contribution in [0, 0.1) is 17.5 Å². The third kappa shape index (κ3) is 3.04. The van der Waals surface area contributed by atoms with Gasteiger partial charge in [-0.05, 0) is 31.2 Å². The van der Waals surface area contributed by atoms with Crippen LogP contribution in [0.4, 0.5) is 13.2 Å². The molecule has 21 heavy (non-hydrogen) atoms. The first-order valence-corrected chi connectivity index (χ1v) is 6.23. The van der Waals surface area contributed by atoms with E-state index >= 15 is 0 Å². The molecule has 0 fully saturated rings. The van der Waals surface area contributed by atoms with E-state index in [-0.39, 0.29) is 11.1 Å². The highest BCUT2D eigenvalue weighted by atomic mass is 19.1. The maximum absolute atomic E-state index is 13.7. The molecule has 0 saturated heterocycles. The Morgan fingerprint density at radius 1 is 1.19 bits per heavy atom. The standard InChI is InChI=1S/C15H13F3N2O/c1-9(12-7-10(16)3-4-13(12)17)20(2)15(21)11-5-6-19-8-14(11)18/h3-9H,1-2H3. The average molecular weight is 294 g/mol. The lowest BCUT2D eigenvalue weighted by Crippen LogP contribution is -2.31. The number of halogens is 3. The second kappa shape index (κ2) is 5.95. The summed E-state index contributed by atoms with van der Waals surface area (Å²) in [5.41, 5.74) is -0.142. The Hall–Kier alpha value is -2.37. The highest BCUT2D eigenvalue weighted by Gasteiger charge is 2.23. The minimum Gasteiger partial charge on any atom is -0.335 e. The van der Waals surface area contributed by atoms with Gasteiger partial charge < -0.3 is 4.90 Å². The second-order valence-electron chi connectivity index (χ2n) is 4.61. The summed E-state index contributed by atoms with van der Waals surface area (Å²) in [5.74, 6) is -2.62. The van der Waals surface area contributed by atoms with Crippen LogP contribution in [0.5, 0.6) is 0 Å². The van der Waals surface area contributed by atoms with E-state index in [9.17, 15) is 18.0 Å². The number of carbonyl (C=O) groups is 1. The van der Waals surface area contributed by atoms with Crippen LogP contribution >= 0.6 is 0 Å². The summed E-state index contributed by atoms with van der Waals surface area (Å²) in [6.07, 6.45) is 2.21. The van der Waals surface area contributed by atoms with Crippen molar-refractivity contribution in [2.24, 2.45) is 0 Å². The first-order valence-electron chi connectivity index (χ1n) is 6.23. The molecule has 1 unspecified atom stereocenters. The molecule has 0 aliphatic carbocycles. The van der Waals surface area contributed by atoms with Crippen molar-refractivity contribution in [2.45, 2.75) is 13.0 Å². The molecule has 0 saturated carbocycles. The lowest BCUT2D eigenvalue weighted by Gasteiger charge is -2.25. The minimum absolute atomic E-state index is 0.0281. The molecular weight excluding hydrogens is 281 g/mol. The van der Waals surface area contributed by atoms with Crippen LogP contribution in [0.2, 0.25) is 0 Å². The zero-order chi connectivity index (χ0) is 15.6. The van der Waals surface area contributed by atoms with Gasteiger partial charge in [0.1, 0.15) is 11.6 Å². The van der Waals surface area contributed by atoms with Crippen LogP contribution in [0.1, 0.15) is 28.9 Å². The zero-order valence-corrected chi connectivity index (χ0v) is 11.5. The van der Waals surface area contributed by atoms with E-state index in [1.165, 1.54) is 26.2 Å². The number of rotatable bonds is 3. The minimum atomic E-state index is -0.763. The molecule has 0 aliphatic rings. The molecule has 0 aliphatic heterocycles. The van der Waals surface area contributed by atoms with Crippen molar-refractivity contribution >= 4 is 5.91 Å². The molecule has 0 spiro atoms. The van der Waals surface area contributed by atoms with Crippen LogP contribution in [-0.4, -0.2) is 22.8 Å². The Kier molecular flexibility index (Phi) is 4.26. The third-order valence-electron chi connectivity index (χ3n) is 3.31. The fourth-order valence-corrected chi connectivity index (χ4v) is 1.96. The predicted octanol–water partition coefficient (Wildman–Crippen LogP) is 3.33. The highest BCUT2D eigenvalue weighted by molar-refractivity contribution is 5.94. The number of amides is 1. The van der Waals surface area contributed by atoms with Gasteiger partial charge in [0, 0.05) is 18.8 Å². The summed E-state index contributed by atoms with van der Waals surface area (Å²) < 4.78 is 40.5. The number of nitrogens with zero attached hydrogens (tertiary/aromatic N) is 2. The summed E-state index contributed by atoms with van der Waals surface area (Å²) in [7, 11) is 1.40. The number of hydrogen-bond acceptors (Lipinski definition) is 2. The second-order valence-corrected chi connectivity index (χ2v) is 4.61. The summed E-state index contributed by atoms with van der Waals surface area (Å²) in [6, 6.07) is 3.50. The smallest absolute Gasteiger partial charge is 0.257 e. The van der Waals surface area contributed by atoms with E-state index in [1.54, 1.807) is 0 Å². The molecule has 0 radical (unpaired) electrons. The molecule has 2 aromatic rings. The van der Waals surface area contributed by atoms with E-state index in [0.717, 1.165) is 29.3 Å². The largest absolute Gasteiger partial charge is 0.335 e. The average Bonchev–Trinajstić information content (AvgIpc) is 2.48. The Morgan fingerprint density at radius 3 is 2.57 bits per heavy atom. The molecule has 6 heteroatoms. The normalized spacial score (nSPS) is 12.0. The predicted molar refractivity (Wildman–Crippen MR) is 71.1 cm³/mol. The van der Waals surface area contributed by atoms with Crippen molar-refractivity contribution in [3.8, 4) is 0 Å². The van der Waals surface area contributed by atoms with Crippen LogP contribution in [-0.2, 0) is 0 Å². The maximum atomic E-state index is 13.7. The van der Waals surface area contributed by atoms with Crippen molar-refractivity contribution in [2.75, 3.05) is 7.05 Å². The van der Waals surface area contributed by atoms with Gasteiger partial charge in [0.05, 0.1) is 17.8 Å². The Labute approximate surface area is 120 Å². The van der Waals surface area contributed by atoms with Crippen molar-refractivity contribution in [1.29, 1.82) is 0 Å². The monoisotopic (exact) mass is 294 g/mol. The topological polar surface area (TPSA) is 33.2 Å². The fourth-order valence-electron chi connectivity index (χ4n) is 1.96. The van der Waals surface area contributed by atoms with Crippen molar-refractivity contribution in [3.05, 3.63) is 65.2 Å². The lowest BCUT2D eigenvalue weighted by atomic mass is 10.1. The SMILES string of the molecule is CC(c1cc(F)ccc1F)N(C)C(=O)c1ccncc1F. The van der Waals surface area contributed by atoms with Crippen molar-refractivity contribution in [3.63, 3.8) is 0 Å². The Bertz CT molecular complexity index is 676. The number of carbonyl (C=O) groups excluding carboxylic acids is 1. The first kappa shape index (κ1) is 15.0. The molecule has 1 aromatic carbocycles. The zero-order valence-electron chi connectivity index (χ0n) is 11.5. The number of hydrogen-bond donors (Lipinski definition) is 0. The van der Waals surface area contributed by atoms with Crippen LogP contribution in [0.25, 0.3) is 0 Å². The molecule has 1 heterocycles. The molecular formula is C15H13F3N2O. The molecule has 1 amide bonds. The van der Waals surface area contributed by atoms with E-state index in [4.69, 9.17) is 0 Å². The molecule has 0 bridgehead atoms. The summed E-state index contributed by atoms with van der Waals surface area (Å²) in [5, 5.41) is 0. The van der Waals surface area contributed by atoms with Gasteiger partial charge in [-0.15, -0.1) is 0 Å². The molecule has 1 atom stereocenters. The van der Waals surface area contributed by atoms with Gasteiger partial charge >= 0.3 is 0 Å². The molecule has 1 aromatic heterocycles. The number of aromatic nitrogens is 1. The lowest BCUT2D eigenvalue weighted by molar-refractivity contribution is 0.0735. The van der Waals surface area contributed by atoms with Gasteiger partial charge in [0.25, 0.3) is 5.91 Å². The summed E-state index contributed by atoms with van der Waals surface area (Å²) in [4.78, 5) is 16.9. The van der Waals surface area contributed by atoms with Gasteiger partial charge in [-0.1, -0.05) is 0 Å². The Morgan fingerprint density at radius 2 is 1.90 bits per heavy atom. The van der Waals surface area contributed by atoms with Crippen LogP contribution < -0.4 is 0 Å².